The second-order valence-electron chi connectivity index (χ2n) is 11.9. The van der Waals surface area contributed by atoms with Gasteiger partial charge in [0.1, 0.15) is 23.8 Å². The van der Waals surface area contributed by atoms with Gasteiger partial charge in [0.05, 0.1) is 29.9 Å². The van der Waals surface area contributed by atoms with E-state index in [0.29, 0.717) is 37.4 Å². The van der Waals surface area contributed by atoms with Crippen molar-refractivity contribution in [3.8, 4) is 23.2 Å². The number of H-pyrrole nitrogens is 1. The second kappa shape index (κ2) is 10.9. The molecule has 4 aromatic heterocycles. The van der Waals surface area contributed by atoms with Crippen molar-refractivity contribution in [2.24, 2.45) is 0 Å². The lowest BCUT2D eigenvalue weighted by molar-refractivity contribution is -0.141. The van der Waals surface area contributed by atoms with Gasteiger partial charge in [-0.25, -0.2) is 15.0 Å². The summed E-state index contributed by atoms with van der Waals surface area (Å²) in [5.41, 5.74) is 1.73. The number of pyridine rings is 1. The number of hydrogen-bond acceptors (Lipinski definition) is 8. The zero-order chi connectivity index (χ0) is 29.6. The quantitative estimate of drug-likeness (QED) is 0.312. The van der Waals surface area contributed by atoms with Crippen molar-refractivity contribution in [3.63, 3.8) is 0 Å². The fourth-order valence-electron chi connectivity index (χ4n) is 6.63. The highest BCUT2D eigenvalue weighted by molar-refractivity contribution is 5.90. The van der Waals surface area contributed by atoms with Gasteiger partial charge in [0, 0.05) is 55.1 Å². The fraction of sp³-hybridized carbons (Fsp3) is 0.500. The molecule has 4 aromatic rings. The molecule has 2 aliphatic heterocycles. The van der Waals surface area contributed by atoms with Crippen LogP contribution in [0.4, 0.5) is 13.2 Å². The number of ether oxygens (including phenoxy) is 1. The van der Waals surface area contributed by atoms with E-state index in [-0.39, 0.29) is 17.5 Å². The van der Waals surface area contributed by atoms with Gasteiger partial charge in [0.15, 0.2) is 0 Å². The van der Waals surface area contributed by atoms with Gasteiger partial charge in [-0.1, -0.05) is 0 Å². The molecule has 13 heteroatoms. The molecule has 3 fully saturated rings. The number of likely N-dealkylation sites (tertiary alicyclic amines) is 2. The first-order valence-corrected chi connectivity index (χ1v) is 14.7. The van der Waals surface area contributed by atoms with Crippen molar-refractivity contribution in [1.29, 1.82) is 5.26 Å². The van der Waals surface area contributed by atoms with Gasteiger partial charge in [-0.05, 0) is 62.9 Å². The van der Waals surface area contributed by atoms with E-state index < -0.39 is 11.9 Å². The maximum Gasteiger partial charge on any atom is 0.433 e. The third-order valence-electron chi connectivity index (χ3n) is 9.12. The van der Waals surface area contributed by atoms with Crippen molar-refractivity contribution >= 4 is 11.0 Å². The Bertz CT molecular complexity index is 1640. The highest BCUT2D eigenvalue weighted by Crippen LogP contribution is 2.45. The van der Waals surface area contributed by atoms with E-state index in [1.165, 1.54) is 6.33 Å². The Balaban J connectivity index is 0.986. The number of alkyl halides is 3. The molecule has 0 radical (unpaired) electrons. The summed E-state index contributed by atoms with van der Waals surface area (Å²) in [7, 11) is 0. The fourth-order valence-corrected chi connectivity index (χ4v) is 6.63. The van der Waals surface area contributed by atoms with Gasteiger partial charge < -0.3 is 9.72 Å². The summed E-state index contributed by atoms with van der Waals surface area (Å²) >= 11 is 0. The molecular weight excluding hydrogens is 559 g/mol. The number of halogens is 3. The molecule has 0 amide bonds. The Morgan fingerprint density at radius 1 is 1.12 bits per heavy atom. The lowest BCUT2D eigenvalue weighted by Crippen LogP contribution is -2.58. The minimum absolute atomic E-state index is 0.0515. The number of nitriles is 1. The average molecular weight is 592 g/mol. The summed E-state index contributed by atoms with van der Waals surface area (Å²) in [6.07, 6.45) is 6.83. The summed E-state index contributed by atoms with van der Waals surface area (Å²) in [4.78, 5) is 20.2. The lowest BCUT2D eigenvalue weighted by atomic mass is 9.69. The van der Waals surface area contributed by atoms with Gasteiger partial charge in [-0.3, -0.25) is 14.5 Å². The molecule has 2 saturated heterocycles. The number of aromatic amines is 1. The largest absolute Gasteiger partial charge is 0.474 e. The van der Waals surface area contributed by atoms with Gasteiger partial charge in [0.25, 0.3) is 0 Å². The molecule has 0 unspecified atom stereocenters. The number of aromatic nitrogens is 6. The number of nitrogens with one attached hydrogen (secondary N) is 1. The molecule has 7 rings (SSSR count). The van der Waals surface area contributed by atoms with E-state index in [9.17, 15) is 18.4 Å². The van der Waals surface area contributed by atoms with Crippen LogP contribution < -0.4 is 4.74 Å². The van der Waals surface area contributed by atoms with Crippen molar-refractivity contribution in [2.45, 2.75) is 68.9 Å². The zero-order valence-electron chi connectivity index (χ0n) is 23.6. The molecule has 6 heterocycles. The topological polar surface area (TPSA) is 112 Å². The predicted molar refractivity (Wildman–Crippen MR) is 151 cm³/mol. The van der Waals surface area contributed by atoms with Crippen LogP contribution in [0, 0.1) is 11.3 Å². The lowest BCUT2D eigenvalue weighted by Gasteiger charge is -2.52. The monoisotopic (exact) mass is 591 g/mol. The van der Waals surface area contributed by atoms with Crippen LogP contribution >= 0.6 is 0 Å². The van der Waals surface area contributed by atoms with E-state index in [2.05, 4.69) is 40.9 Å². The Kier molecular flexibility index (Phi) is 7.05. The molecule has 10 nitrogen and oxygen atoms in total. The molecule has 0 bridgehead atoms. The molecule has 224 valence electrons. The molecule has 0 aromatic carbocycles. The molecule has 1 aliphatic carbocycles. The Hall–Kier alpha value is -4.02. The highest BCUT2D eigenvalue weighted by Gasteiger charge is 2.49. The SMILES string of the molecule is N#CC[C@]1(n2cc(-c3ncnc4[nH]ccc34)cn2)C[C@@H](N2CCC(Oc3cc(CN4CCC4)cc(C(F)(F)F)n3)CC2)C1. The van der Waals surface area contributed by atoms with E-state index >= 15 is 0 Å². The van der Waals surface area contributed by atoms with E-state index in [0.717, 1.165) is 73.8 Å². The number of hydrogen-bond donors (Lipinski definition) is 1. The number of nitrogens with zero attached hydrogens (tertiary/aromatic N) is 8. The molecular formula is C30H32F3N9O. The van der Waals surface area contributed by atoms with E-state index in [1.807, 2.05) is 23.1 Å². The predicted octanol–water partition coefficient (Wildman–Crippen LogP) is 4.76. The molecule has 43 heavy (non-hydrogen) atoms. The summed E-state index contributed by atoms with van der Waals surface area (Å²) in [6, 6.07) is 7.39. The number of piperidine rings is 1. The minimum atomic E-state index is -4.52. The normalized spacial score (nSPS) is 23.5. The molecule has 0 spiro atoms. The van der Waals surface area contributed by atoms with Crippen LogP contribution in [0.2, 0.25) is 0 Å². The van der Waals surface area contributed by atoms with Crippen molar-refractivity contribution in [1.82, 2.24) is 39.5 Å². The first-order valence-electron chi connectivity index (χ1n) is 14.7. The van der Waals surface area contributed by atoms with Crippen LogP contribution in [0.25, 0.3) is 22.3 Å². The average Bonchev–Trinajstić information content (AvgIpc) is 3.63. The van der Waals surface area contributed by atoms with Crippen molar-refractivity contribution < 1.29 is 17.9 Å². The van der Waals surface area contributed by atoms with Crippen molar-refractivity contribution in [3.05, 3.63) is 54.4 Å². The first-order chi connectivity index (χ1) is 20.8. The summed E-state index contributed by atoms with van der Waals surface area (Å²) < 4.78 is 48.6. The van der Waals surface area contributed by atoms with Gasteiger partial charge >= 0.3 is 6.18 Å². The summed E-state index contributed by atoms with van der Waals surface area (Å²) in [5, 5.41) is 15.2. The Morgan fingerprint density at radius 3 is 2.65 bits per heavy atom. The molecule has 0 atom stereocenters. The van der Waals surface area contributed by atoms with Crippen LogP contribution in [0.3, 0.4) is 0 Å². The summed E-state index contributed by atoms with van der Waals surface area (Å²) in [5.74, 6) is 0.0515. The standard InChI is InChI=1S/C30H32F3N9O/c31-30(32,33)25-12-20(17-40-8-1-9-40)13-26(39-25)43-23-3-10-41(11-4-23)22-14-29(15-22,5-6-34)42-18-21(16-38-42)27-24-2-7-35-28(24)37-19-36-27/h2,7,12-13,16,18-19,22-23H,1,3-5,8-11,14-15,17H2,(H,35,36,37)/t22-,29+. The second-order valence-corrected chi connectivity index (χ2v) is 11.9. The van der Waals surface area contributed by atoms with Crippen LogP contribution in [-0.2, 0) is 18.3 Å². The van der Waals surface area contributed by atoms with Crippen molar-refractivity contribution in [2.75, 3.05) is 26.2 Å². The van der Waals surface area contributed by atoms with Crippen LogP contribution in [0.5, 0.6) is 5.88 Å². The van der Waals surface area contributed by atoms with E-state index in [1.54, 1.807) is 12.3 Å². The third-order valence-corrected chi connectivity index (χ3v) is 9.12. The van der Waals surface area contributed by atoms with Crippen LogP contribution in [0.1, 0.15) is 49.8 Å². The highest BCUT2D eigenvalue weighted by atomic mass is 19.4. The van der Waals surface area contributed by atoms with Gasteiger partial charge in [0.2, 0.25) is 5.88 Å². The zero-order valence-corrected chi connectivity index (χ0v) is 23.6. The maximum absolute atomic E-state index is 13.6. The van der Waals surface area contributed by atoms with E-state index in [4.69, 9.17) is 4.74 Å². The Morgan fingerprint density at radius 2 is 1.93 bits per heavy atom. The Labute approximate surface area is 246 Å². The molecule has 1 N–H and O–H groups in total. The minimum Gasteiger partial charge on any atom is -0.474 e. The van der Waals surface area contributed by atoms with Gasteiger partial charge in [-0.2, -0.15) is 23.5 Å². The maximum atomic E-state index is 13.6. The van der Waals surface area contributed by atoms with Crippen LogP contribution in [-0.4, -0.2) is 77.8 Å². The first kappa shape index (κ1) is 27.8. The van der Waals surface area contributed by atoms with Crippen LogP contribution in [0.15, 0.2) is 43.1 Å². The third kappa shape index (κ3) is 5.45. The number of fused-ring (bicyclic) bond motifs is 1. The smallest absolute Gasteiger partial charge is 0.433 e. The molecule has 3 aliphatic rings. The summed E-state index contributed by atoms with van der Waals surface area (Å²) in [6.45, 7) is 3.81. The number of rotatable bonds is 8. The van der Waals surface area contributed by atoms with Gasteiger partial charge in [-0.15, -0.1) is 0 Å². The molecule has 1 saturated carbocycles.